The molecule has 12 heteroatoms. The van der Waals surface area contributed by atoms with Crippen LogP contribution in [0.25, 0.3) is 11.4 Å². The second-order valence-corrected chi connectivity index (χ2v) is 9.91. The Morgan fingerprint density at radius 3 is 2.63 bits per heavy atom. The average Bonchev–Trinajstić information content (AvgIpc) is 3.55. The van der Waals surface area contributed by atoms with Crippen molar-refractivity contribution in [1.29, 1.82) is 0 Å². The zero-order valence-corrected chi connectivity index (χ0v) is 21.5. The fraction of sp³-hybridized carbons (Fsp3) is 0.500. The zero-order valence-electron chi connectivity index (χ0n) is 21.5. The van der Waals surface area contributed by atoms with Crippen LogP contribution in [-0.2, 0) is 16.1 Å². The number of piperidine rings is 1. The van der Waals surface area contributed by atoms with Gasteiger partial charge in [-0.25, -0.2) is 19.2 Å². The van der Waals surface area contributed by atoms with Gasteiger partial charge in [-0.05, 0) is 38.3 Å². The zero-order chi connectivity index (χ0) is 26.6. The number of nitrogens with zero attached hydrogens (tertiary/aromatic N) is 6. The number of likely N-dealkylation sites (tertiary alicyclic amines) is 1. The summed E-state index contributed by atoms with van der Waals surface area (Å²) < 4.78 is 30.8. The molecule has 0 saturated carbocycles. The second-order valence-electron chi connectivity index (χ2n) is 9.91. The van der Waals surface area contributed by atoms with E-state index in [4.69, 9.17) is 19.7 Å². The average molecular weight is 526 g/mol. The summed E-state index contributed by atoms with van der Waals surface area (Å²) in [5, 5.41) is 4.02. The molecule has 0 spiro atoms. The highest BCUT2D eigenvalue weighted by molar-refractivity contribution is 5.67. The SMILES string of the molecule is CC(C)OC(=O)N1CCC(OCc2nc(-c3cnc(N4C[C@H](c5ccccc5F)[C@@H](N)C4)nc3)no2)CC1. The second kappa shape index (κ2) is 11.4. The minimum atomic E-state index is -0.286. The minimum Gasteiger partial charge on any atom is -0.447 e. The third-order valence-electron chi connectivity index (χ3n) is 6.80. The van der Waals surface area contributed by atoms with Crippen molar-refractivity contribution in [1.82, 2.24) is 25.0 Å². The molecule has 3 aromatic rings. The van der Waals surface area contributed by atoms with Crippen LogP contribution >= 0.6 is 0 Å². The van der Waals surface area contributed by atoms with Crippen LogP contribution in [0.4, 0.5) is 15.1 Å². The van der Waals surface area contributed by atoms with Crippen molar-refractivity contribution < 1.29 is 23.2 Å². The van der Waals surface area contributed by atoms with Gasteiger partial charge in [-0.15, -0.1) is 0 Å². The first kappa shape index (κ1) is 26.0. The Bertz CT molecular complexity index is 1230. The molecule has 0 bridgehead atoms. The Morgan fingerprint density at radius 2 is 1.92 bits per heavy atom. The summed E-state index contributed by atoms with van der Waals surface area (Å²) in [6, 6.07) is 6.49. The molecule has 5 rings (SSSR count). The largest absolute Gasteiger partial charge is 0.447 e. The number of ether oxygens (including phenoxy) is 2. The predicted octanol–water partition coefficient (Wildman–Crippen LogP) is 3.12. The molecule has 0 unspecified atom stereocenters. The number of nitrogens with two attached hydrogens (primary N) is 1. The number of anilines is 1. The standard InChI is InChI=1S/C26H32FN7O4/c1-16(2)37-26(35)33-9-7-18(8-10-33)36-15-23-31-24(32-38-23)17-11-29-25(30-12-17)34-13-20(22(28)14-34)19-5-3-4-6-21(19)27/h3-6,11-12,16,18,20,22H,7-10,13-15,28H2,1-2H3/t20-,22+/m1/s1. The highest BCUT2D eigenvalue weighted by Crippen LogP contribution is 2.30. The van der Waals surface area contributed by atoms with Gasteiger partial charge in [0.25, 0.3) is 5.89 Å². The van der Waals surface area contributed by atoms with Crippen molar-refractivity contribution in [3.05, 3.63) is 53.9 Å². The highest BCUT2D eigenvalue weighted by Gasteiger charge is 2.34. The van der Waals surface area contributed by atoms with Gasteiger partial charge in [0.2, 0.25) is 11.8 Å². The van der Waals surface area contributed by atoms with Crippen LogP contribution in [0.15, 0.2) is 41.2 Å². The Kier molecular flexibility index (Phi) is 7.79. The van der Waals surface area contributed by atoms with Gasteiger partial charge in [-0.1, -0.05) is 23.4 Å². The molecule has 2 atom stereocenters. The van der Waals surface area contributed by atoms with Gasteiger partial charge in [-0.2, -0.15) is 4.98 Å². The molecule has 202 valence electrons. The van der Waals surface area contributed by atoms with Crippen LogP contribution in [-0.4, -0.2) is 75.5 Å². The number of carbonyl (C=O) groups excluding carboxylic acids is 1. The third-order valence-corrected chi connectivity index (χ3v) is 6.80. The number of amides is 1. The first-order valence-corrected chi connectivity index (χ1v) is 12.8. The molecule has 2 N–H and O–H groups in total. The molecule has 2 fully saturated rings. The van der Waals surface area contributed by atoms with E-state index in [-0.39, 0.29) is 42.7 Å². The predicted molar refractivity (Wildman–Crippen MR) is 136 cm³/mol. The summed E-state index contributed by atoms with van der Waals surface area (Å²) in [6.07, 6.45) is 4.25. The first-order valence-electron chi connectivity index (χ1n) is 12.8. The third kappa shape index (κ3) is 5.91. The molecule has 0 radical (unpaired) electrons. The van der Waals surface area contributed by atoms with E-state index >= 15 is 0 Å². The lowest BCUT2D eigenvalue weighted by atomic mass is 9.94. The van der Waals surface area contributed by atoms with Gasteiger partial charge in [0, 0.05) is 50.5 Å². The first-order chi connectivity index (χ1) is 18.4. The number of aromatic nitrogens is 4. The van der Waals surface area contributed by atoms with Crippen LogP contribution in [0.2, 0.25) is 0 Å². The number of carbonyl (C=O) groups is 1. The molecule has 2 aliphatic heterocycles. The molecular formula is C26H32FN7O4. The molecule has 11 nitrogen and oxygen atoms in total. The number of hydrogen-bond donors (Lipinski definition) is 1. The van der Waals surface area contributed by atoms with Gasteiger partial charge in [0.1, 0.15) is 12.4 Å². The molecule has 2 aliphatic rings. The molecule has 1 aromatic carbocycles. The quantitative estimate of drug-likeness (QED) is 0.490. The normalized spacial score (nSPS) is 20.3. The van der Waals surface area contributed by atoms with Crippen molar-refractivity contribution in [3.8, 4) is 11.4 Å². The maximum absolute atomic E-state index is 14.3. The Morgan fingerprint density at radius 1 is 1.18 bits per heavy atom. The van der Waals surface area contributed by atoms with E-state index in [2.05, 4.69) is 20.1 Å². The highest BCUT2D eigenvalue weighted by atomic mass is 19.1. The van der Waals surface area contributed by atoms with Crippen LogP contribution in [0.1, 0.15) is 44.1 Å². The van der Waals surface area contributed by atoms with Gasteiger partial charge in [0.05, 0.1) is 17.8 Å². The summed E-state index contributed by atoms with van der Waals surface area (Å²) in [7, 11) is 0. The Balaban J connectivity index is 1.13. The van der Waals surface area contributed by atoms with E-state index in [9.17, 15) is 9.18 Å². The summed E-state index contributed by atoms with van der Waals surface area (Å²) in [5.74, 6) is 0.839. The number of halogens is 1. The van der Waals surface area contributed by atoms with Gasteiger partial charge in [0.15, 0.2) is 0 Å². The lowest BCUT2D eigenvalue weighted by molar-refractivity contribution is -0.0147. The van der Waals surface area contributed by atoms with Crippen LogP contribution in [0.3, 0.4) is 0 Å². The minimum absolute atomic E-state index is 0.00362. The van der Waals surface area contributed by atoms with Crippen molar-refractivity contribution in [2.75, 3.05) is 31.1 Å². The van der Waals surface area contributed by atoms with Crippen molar-refractivity contribution in [2.45, 2.75) is 57.5 Å². The van der Waals surface area contributed by atoms with E-state index in [0.717, 1.165) is 0 Å². The van der Waals surface area contributed by atoms with Crippen LogP contribution in [0.5, 0.6) is 0 Å². The van der Waals surface area contributed by atoms with E-state index in [1.165, 1.54) is 6.07 Å². The lowest BCUT2D eigenvalue weighted by Gasteiger charge is -2.31. The topological polar surface area (TPSA) is 133 Å². The van der Waals surface area contributed by atoms with E-state index < -0.39 is 0 Å². The smallest absolute Gasteiger partial charge is 0.410 e. The number of rotatable bonds is 7. The van der Waals surface area contributed by atoms with Gasteiger partial charge >= 0.3 is 6.09 Å². The van der Waals surface area contributed by atoms with E-state index in [1.807, 2.05) is 24.8 Å². The fourth-order valence-electron chi connectivity index (χ4n) is 4.80. The molecule has 1 amide bonds. The lowest BCUT2D eigenvalue weighted by Crippen LogP contribution is -2.41. The van der Waals surface area contributed by atoms with Crippen LogP contribution in [0, 0.1) is 5.82 Å². The number of benzene rings is 1. The molecule has 0 aliphatic carbocycles. The summed E-state index contributed by atoms with van der Waals surface area (Å²) in [5.41, 5.74) is 7.54. The van der Waals surface area contributed by atoms with E-state index in [1.54, 1.807) is 29.4 Å². The Labute approximate surface area is 220 Å². The van der Waals surface area contributed by atoms with E-state index in [0.29, 0.717) is 67.8 Å². The molecule has 38 heavy (non-hydrogen) atoms. The molecule has 2 saturated heterocycles. The number of hydrogen-bond acceptors (Lipinski definition) is 10. The Hall–Kier alpha value is -3.64. The monoisotopic (exact) mass is 525 g/mol. The summed E-state index contributed by atoms with van der Waals surface area (Å²) >= 11 is 0. The van der Waals surface area contributed by atoms with Crippen molar-refractivity contribution in [3.63, 3.8) is 0 Å². The summed E-state index contributed by atoms with van der Waals surface area (Å²) in [6.45, 7) is 6.07. The fourth-order valence-corrected chi connectivity index (χ4v) is 4.80. The molecule has 2 aromatic heterocycles. The van der Waals surface area contributed by atoms with Crippen LogP contribution < -0.4 is 10.6 Å². The van der Waals surface area contributed by atoms with Crippen molar-refractivity contribution >= 4 is 12.0 Å². The van der Waals surface area contributed by atoms with Gasteiger partial charge in [-0.3, -0.25) is 0 Å². The molecule has 4 heterocycles. The maximum Gasteiger partial charge on any atom is 0.410 e. The molecular weight excluding hydrogens is 493 g/mol. The summed E-state index contributed by atoms with van der Waals surface area (Å²) in [4.78, 5) is 29.0. The van der Waals surface area contributed by atoms with Gasteiger partial charge < -0.3 is 29.5 Å². The van der Waals surface area contributed by atoms with Crippen molar-refractivity contribution in [2.24, 2.45) is 5.73 Å². The maximum atomic E-state index is 14.3.